The summed E-state index contributed by atoms with van der Waals surface area (Å²) in [6.45, 7) is 4.81. The van der Waals surface area contributed by atoms with Gasteiger partial charge < -0.3 is 9.84 Å². The highest BCUT2D eigenvalue weighted by Crippen LogP contribution is 2.24. The fourth-order valence-corrected chi connectivity index (χ4v) is 3.80. The van der Waals surface area contributed by atoms with Crippen molar-refractivity contribution in [2.75, 3.05) is 20.1 Å². The van der Waals surface area contributed by atoms with Gasteiger partial charge in [-0.3, -0.25) is 0 Å². The minimum absolute atomic E-state index is 0.00806. The summed E-state index contributed by atoms with van der Waals surface area (Å²) in [5.74, 6) is 0.348. The molecule has 1 aliphatic rings. The summed E-state index contributed by atoms with van der Waals surface area (Å²) in [4.78, 5) is 0.201. The maximum atomic E-state index is 12.4. The number of sulfonamides is 1. The molecule has 0 spiro atoms. The largest absolute Gasteiger partial charge is 0.360 e. The minimum Gasteiger partial charge on any atom is -0.360 e. The summed E-state index contributed by atoms with van der Waals surface area (Å²) < 4.78 is 31.2. The van der Waals surface area contributed by atoms with E-state index in [0.717, 1.165) is 13.0 Å². The number of rotatable bonds is 3. The van der Waals surface area contributed by atoms with Crippen LogP contribution in [0.15, 0.2) is 9.42 Å². The van der Waals surface area contributed by atoms with Crippen LogP contribution in [0.3, 0.4) is 0 Å². The third-order valence-electron chi connectivity index (χ3n) is 3.15. The first-order valence-electron chi connectivity index (χ1n) is 5.56. The number of hydrogen-bond acceptors (Lipinski definition) is 5. The van der Waals surface area contributed by atoms with E-state index in [1.54, 1.807) is 20.9 Å². The Labute approximate surface area is 101 Å². The van der Waals surface area contributed by atoms with E-state index in [-0.39, 0.29) is 10.9 Å². The maximum absolute atomic E-state index is 12.4. The highest BCUT2D eigenvalue weighted by Gasteiger charge is 2.34. The van der Waals surface area contributed by atoms with Crippen molar-refractivity contribution in [1.82, 2.24) is 14.8 Å². The zero-order chi connectivity index (χ0) is 12.6. The Morgan fingerprint density at radius 1 is 1.47 bits per heavy atom. The summed E-state index contributed by atoms with van der Waals surface area (Å²) in [5.41, 5.74) is 0.417. The molecule has 0 radical (unpaired) electrons. The predicted octanol–water partition coefficient (Wildman–Crippen LogP) is 0.274. The van der Waals surface area contributed by atoms with Gasteiger partial charge in [-0.2, -0.15) is 4.31 Å². The molecule has 1 saturated heterocycles. The van der Waals surface area contributed by atoms with Gasteiger partial charge in [-0.05, 0) is 26.8 Å². The van der Waals surface area contributed by atoms with Crippen molar-refractivity contribution in [3.8, 4) is 0 Å². The summed E-state index contributed by atoms with van der Waals surface area (Å²) in [6.07, 6.45) is 0.832. The second kappa shape index (κ2) is 4.40. The van der Waals surface area contributed by atoms with Gasteiger partial charge in [-0.15, -0.1) is 0 Å². The smallest absolute Gasteiger partial charge is 0.248 e. The van der Waals surface area contributed by atoms with Gasteiger partial charge >= 0.3 is 0 Å². The van der Waals surface area contributed by atoms with Crippen molar-refractivity contribution in [3.05, 3.63) is 11.5 Å². The molecular formula is C10H17N3O3S. The molecular weight excluding hydrogens is 242 g/mol. The molecule has 96 valence electrons. The van der Waals surface area contributed by atoms with E-state index in [1.165, 1.54) is 4.31 Å². The lowest BCUT2D eigenvalue weighted by Gasteiger charge is -2.22. The van der Waals surface area contributed by atoms with Crippen LogP contribution in [0.5, 0.6) is 0 Å². The molecule has 0 saturated carbocycles. The highest BCUT2D eigenvalue weighted by molar-refractivity contribution is 7.89. The monoisotopic (exact) mass is 259 g/mol. The van der Waals surface area contributed by atoms with Crippen LogP contribution in [0.2, 0.25) is 0 Å². The molecule has 2 rings (SSSR count). The van der Waals surface area contributed by atoms with Crippen LogP contribution in [-0.2, 0) is 10.0 Å². The molecule has 1 N–H and O–H groups in total. The molecule has 0 aliphatic carbocycles. The average molecular weight is 259 g/mol. The Morgan fingerprint density at radius 3 is 2.65 bits per heavy atom. The number of nitrogens with zero attached hydrogens (tertiary/aromatic N) is 2. The Hall–Kier alpha value is -0.920. The van der Waals surface area contributed by atoms with Crippen molar-refractivity contribution in [2.45, 2.75) is 31.2 Å². The van der Waals surface area contributed by atoms with Gasteiger partial charge in [0.25, 0.3) is 0 Å². The second-order valence-electron chi connectivity index (χ2n) is 4.32. The first-order valence-corrected chi connectivity index (χ1v) is 7.00. The van der Waals surface area contributed by atoms with Crippen LogP contribution in [0.1, 0.15) is 17.9 Å². The van der Waals surface area contributed by atoms with Crippen LogP contribution in [0.4, 0.5) is 0 Å². The average Bonchev–Trinajstić information content (AvgIpc) is 2.87. The van der Waals surface area contributed by atoms with E-state index in [2.05, 4.69) is 10.5 Å². The van der Waals surface area contributed by atoms with Gasteiger partial charge in [-0.1, -0.05) is 5.16 Å². The molecule has 1 fully saturated rings. The maximum Gasteiger partial charge on any atom is 0.248 e. The van der Waals surface area contributed by atoms with Gasteiger partial charge in [-0.25, -0.2) is 8.42 Å². The number of nitrogens with one attached hydrogen (secondary N) is 1. The number of aromatic nitrogens is 1. The first kappa shape index (κ1) is 12.5. The standard InChI is InChI=1S/C10H17N3O3S/c1-7-10(8(2)16-12-7)17(14,15)13(3)9-4-5-11-6-9/h9,11H,4-6H2,1-3H3. The van der Waals surface area contributed by atoms with Crippen LogP contribution in [-0.4, -0.2) is 44.1 Å². The molecule has 6 nitrogen and oxygen atoms in total. The van der Waals surface area contributed by atoms with Crippen molar-refractivity contribution >= 4 is 10.0 Å². The van der Waals surface area contributed by atoms with Crippen molar-refractivity contribution in [2.24, 2.45) is 0 Å². The van der Waals surface area contributed by atoms with Crippen LogP contribution >= 0.6 is 0 Å². The van der Waals surface area contributed by atoms with Gasteiger partial charge in [0.2, 0.25) is 10.0 Å². The Balaban J connectivity index is 2.36. The molecule has 7 heteroatoms. The molecule has 1 unspecified atom stereocenters. The molecule has 0 amide bonds. The Bertz CT molecular complexity index is 483. The summed E-state index contributed by atoms with van der Waals surface area (Å²) in [6, 6.07) is 0.00806. The van der Waals surface area contributed by atoms with E-state index >= 15 is 0 Å². The minimum atomic E-state index is -3.50. The number of aryl methyl sites for hydroxylation is 2. The molecule has 1 atom stereocenters. The first-order chi connectivity index (χ1) is 7.94. The molecule has 0 bridgehead atoms. The second-order valence-corrected chi connectivity index (χ2v) is 6.26. The van der Waals surface area contributed by atoms with E-state index < -0.39 is 10.0 Å². The van der Waals surface area contributed by atoms with E-state index in [9.17, 15) is 8.42 Å². The number of hydrogen-bond donors (Lipinski definition) is 1. The van der Waals surface area contributed by atoms with Gasteiger partial charge in [0, 0.05) is 19.6 Å². The van der Waals surface area contributed by atoms with Crippen molar-refractivity contribution in [1.29, 1.82) is 0 Å². The third kappa shape index (κ3) is 2.10. The lowest BCUT2D eigenvalue weighted by Crippen LogP contribution is -2.38. The Kier molecular flexibility index (Phi) is 3.24. The van der Waals surface area contributed by atoms with Gasteiger partial charge in [0.05, 0.1) is 0 Å². The van der Waals surface area contributed by atoms with Crippen LogP contribution < -0.4 is 5.32 Å². The van der Waals surface area contributed by atoms with E-state index in [4.69, 9.17) is 4.52 Å². The lowest BCUT2D eigenvalue weighted by molar-refractivity contribution is 0.380. The summed E-state index contributed by atoms with van der Waals surface area (Å²) in [7, 11) is -1.89. The van der Waals surface area contributed by atoms with Gasteiger partial charge in [0.1, 0.15) is 10.6 Å². The van der Waals surface area contributed by atoms with E-state index in [1.807, 2.05) is 0 Å². The van der Waals surface area contributed by atoms with Crippen LogP contribution in [0, 0.1) is 13.8 Å². The molecule has 2 heterocycles. The van der Waals surface area contributed by atoms with E-state index in [0.29, 0.717) is 18.0 Å². The van der Waals surface area contributed by atoms with Crippen molar-refractivity contribution < 1.29 is 12.9 Å². The fraction of sp³-hybridized carbons (Fsp3) is 0.700. The molecule has 1 aromatic rings. The highest BCUT2D eigenvalue weighted by atomic mass is 32.2. The zero-order valence-corrected chi connectivity index (χ0v) is 11.0. The molecule has 1 aliphatic heterocycles. The normalized spacial score (nSPS) is 21.3. The summed E-state index contributed by atoms with van der Waals surface area (Å²) in [5, 5.41) is 6.85. The SMILES string of the molecule is Cc1noc(C)c1S(=O)(=O)N(C)C1CCNC1. The summed E-state index contributed by atoms with van der Waals surface area (Å²) >= 11 is 0. The lowest BCUT2D eigenvalue weighted by atomic mass is 10.3. The third-order valence-corrected chi connectivity index (χ3v) is 5.31. The Morgan fingerprint density at radius 2 is 2.18 bits per heavy atom. The van der Waals surface area contributed by atoms with Crippen molar-refractivity contribution in [3.63, 3.8) is 0 Å². The predicted molar refractivity (Wildman–Crippen MR) is 62.2 cm³/mol. The molecule has 17 heavy (non-hydrogen) atoms. The zero-order valence-electron chi connectivity index (χ0n) is 10.2. The topological polar surface area (TPSA) is 75.4 Å². The van der Waals surface area contributed by atoms with Gasteiger partial charge in [0.15, 0.2) is 5.76 Å². The molecule has 1 aromatic heterocycles. The van der Waals surface area contributed by atoms with Crippen LogP contribution in [0.25, 0.3) is 0 Å². The molecule has 0 aromatic carbocycles. The quantitative estimate of drug-likeness (QED) is 0.843. The fourth-order valence-electron chi connectivity index (χ4n) is 2.13. The number of likely N-dealkylation sites (N-methyl/N-ethyl adjacent to an activating group) is 1.